The highest BCUT2D eigenvalue weighted by Crippen LogP contribution is 2.13. The van der Waals surface area contributed by atoms with E-state index in [1.54, 1.807) is 17.3 Å². The second-order valence-electron chi connectivity index (χ2n) is 2.36. The molecular weight excluding hydrogens is 132 g/mol. The number of nitrogens with zero attached hydrogens (tertiary/aromatic N) is 1. The fourth-order valence-electron chi connectivity index (χ4n) is 1.15. The van der Waals surface area contributed by atoms with E-state index >= 15 is 0 Å². The monoisotopic (exact) mass is 140 g/mol. The molecule has 4 nitrogen and oxygen atoms in total. The standard InChI is InChI=1S/C6H8N2O2/c9-6-8-2-1-7-3-5(8)4-10-6/h1-2,5,7H,3-4H2. The highest BCUT2D eigenvalue weighted by Gasteiger charge is 2.32. The molecule has 54 valence electrons. The maximum Gasteiger partial charge on any atom is 0.414 e. The van der Waals surface area contributed by atoms with Gasteiger partial charge in [0.1, 0.15) is 6.61 Å². The Morgan fingerprint density at radius 2 is 2.70 bits per heavy atom. The van der Waals surface area contributed by atoms with Gasteiger partial charge in [-0.2, -0.15) is 0 Å². The predicted molar refractivity (Wildman–Crippen MR) is 34.1 cm³/mol. The molecule has 1 fully saturated rings. The highest BCUT2D eigenvalue weighted by atomic mass is 16.6. The molecule has 4 heteroatoms. The number of rotatable bonds is 0. The third-order valence-corrected chi connectivity index (χ3v) is 1.71. The van der Waals surface area contributed by atoms with Crippen molar-refractivity contribution >= 4 is 6.09 Å². The van der Waals surface area contributed by atoms with Gasteiger partial charge in [-0.3, -0.25) is 4.90 Å². The van der Waals surface area contributed by atoms with E-state index < -0.39 is 0 Å². The zero-order valence-electron chi connectivity index (χ0n) is 5.41. The molecular formula is C6H8N2O2. The summed E-state index contributed by atoms with van der Waals surface area (Å²) in [5, 5.41) is 3.02. The van der Waals surface area contributed by atoms with E-state index in [9.17, 15) is 4.79 Å². The van der Waals surface area contributed by atoms with E-state index in [0.717, 1.165) is 6.54 Å². The Morgan fingerprint density at radius 1 is 1.80 bits per heavy atom. The third-order valence-electron chi connectivity index (χ3n) is 1.71. The second-order valence-corrected chi connectivity index (χ2v) is 2.36. The molecule has 1 N–H and O–H groups in total. The van der Waals surface area contributed by atoms with Crippen LogP contribution in [-0.4, -0.2) is 30.2 Å². The lowest BCUT2D eigenvalue weighted by Gasteiger charge is -2.20. The molecule has 0 aromatic heterocycles. The van der Waals surface area contributed by atoms with Gasteiger partial charge in [0.25, 0.3) is 0 Å². The van der Waals surface area contributed by atoms with Crippen LogP contribution in [0.2, 0.25) is 0 Å². The fraction of sp³-hybridized carbons (Fsp3) is 0.500. The number of hydrogen-bond donors (Lipinski definition) is 1. The van der Waals surface area contributed by atoms with Gasteiger partial charge in [-0.05, 0) is 0 Å². The van der Waals surface area contributed by atoms with Crippen molar-refractivity contribution in [1.82, 2.24) is 10.2 Å². The van der Waals surface area contributed by atoms with Crippen LogP contribution >= 0.6 is 0 Å². The van der Waals surface area contributed by atoms with E-state index in [-0.39, 0.29) is 12.1 Å². The first kappa shape index (κ1) is 5.58. The van der Waals surface area contributed by atoms with Gasteiger partial charge < -0.3 is 10.1 Å². The van der Waals surface area contributed by atoms with E-state index in [1.165, 1.54) is 0 Å². The van der Waals surface area contributed by atoms with Gasteiger partial charge in [-0.15, -0.1) is 0 Å². The summed E-state index contributed by atoms with van der Waals surface area (Å²) in [6, 6.07) is 0.206. The maximum atomic E-state index is 10.8. The SMILES string of the molecule is O=C1OCC2CNC=CN12. The van der Waals surface area contributed by atoms with Crippen molar-refractivity contribution < 1.29 is 9.53 Å². The maximum absolute atomic E-state index is 10.8. The molecule has 1 atom stereocenters. The minimum atomic E-state index is -0.234. The Kier molecular flexibility index (Phi) is 1.06. The molecule has 0 spiro atoms. The molecule has 0 aromatic rings. The highest BCUT2D eigenvalue weighted by molar-refractivity contribution is 5.71. The van der Waals surface area contributed by atoms with Gasteiger partial charge in [0, 0.05) is 18.9 Å². The summed E-state index contributed by atoms with van der Waals surface area (Å²) in [4.78, 5) is 12.4. The van der Waals surface area contributed by atoms with E-state index in [1.807, 2.05) is 0 Å². The third kappa shape index (κ3) is 0.650. The molecule has 0 radical (unpaired) electrons. The van der Waals surface area contributed by atoms with Crippen molar-refractivity contribution in [3.8, 4) is 0 Å². The Balaban J connectivity index is 2.21. The van der Waals surface area contributed by atoms with Crippen LogP contribution in [0.3, 0.4) is 0 Å². The minimum absolute atomic E-state index is 0.206. The topological polar surface area (TPSA) is 41.6 Å². The number of cyclic esters (lactones) is 1. The van der Waals surface area contributed by atoms with Gasteiger partial charge in [0.05, 0.1) is 6.04 Å². The molecule has 2 rings (SSSR count). The zero-order valence-corrected chi connectivity index (χ0v) is 5.41. The average Bonchev–Trinajstić information content (AvgIpc) is 2.34. The van der Waals surface area contributed by atoms with E-state index in [2.05, 4.69) is 5.32 Å². The Morgan fingerprint density at radius 3 is 3.50 bits per heavy atom. The van der Waals surface area contributed by atoms with Crippen molar-refractivity contribution in [3.05, 3.63) is 12.4 Å². The molecule has 0 aliphatic carbocycles. The Hall–Kier alpha value is -1.19. The van der Waals surface area contributed by atoms with Crippen molar-refractivity contribution in [2.24, 2.45) is 0 Å². The molecule has 1 unspecified atom stereocenters. The molecule has 0 saturated carbocycles. The summed E-state index contributed by atoms with van der Waals surface area (Å²) in [6.07, 6.45) is 3.23. The lowest BCUT2D eigenvalue weighted by Crippen LogP contribution is -2.39. The van der Waals surface area contributed by atoms with Gasteiger partial charge in [0.2, 0.25) is 0 Å². The first-order valence-electron chi connectivity index (χ1n) is 3.23. The van der Waals surface area contributed by atoms with Crippen molar-refractivity contribution in [2.45, 2.75) is 6.04 Å². The van der Waals surface area contributed by atoms with Crippen LogP contribution in [0.1, 0.15) is 0 Å². The molecule has 1 amide bonds. The van der Waals surface area contributed by atoms with Gasteiger partial charge in [-0.1, -0.05) is 0 Å². The summed E-state index contributed by atoms with van der Waals surface area (Å²) >= 11 is 0. The second kappa shape index (κ2) is 1.90. The summed E-state index contributed by atoms with van der Waals surface area (Å²) in [6.45, 7) is 1.30. The molecule has 2 aliphatic heterocycles. The van der Waals surface area contributed by atoms with Crippen LogP contribution in [0.15, 0.2) is 12.4 Å². The van der Waals surface area contributed by atoms with Gasteiger partial charge in [0.15, 0.2) is 0 Å². The summed E-state index contributed by atoms with van der Waals surface area (Å²) in [5.41, 5.74) is 0. The van der Waals surface area contributed by atoms with Crippen LogP contribution in [0.5, 0.6) is 0 Å². The number of amides is 1. The zero-order chi connectivity index (χ0) is 6.97. The number of hydrogen-bond acceptors (Lipinski definition) is 3. The number of carbonyl (C=O) groups is 1. The molecule has 0 aromatic carbocycles. The number of nitrogens with one attached hydrogen (secondary N) is 1. The number of ether oxygens (including phenoxy) is 1. The van der Waals surface area contributed by atoms with Crippen LogP contribution in [0.25, 0.3) is 0 Å². The van der Waals surface area contributed by atoms with Crippen LogP contribution in [-0.2, 0) is 4.74 Å². The first-order chi connectivity index (χ1) is 4.88. The normalized spacial score (nSPS) is 29.4. The molecule has 1 saturated heterocycles. The van der Waals surface area contributed by atoms with Gasteiger partial charge in [-0.25, -0.2) is 4.79 Å². The lowest BCUT2D eigenvalue weighted by atomic mass is 10.3. The number of carbonyl (C=O) groups excluding carboxylic acids is 1. The van der Waals surface area contributed by atoms with Crippen molar-refractivity contribution in [1.29, 1.82) is 0 Å². The quantitative estimate of drug-likeness (QED) is 0.510. The molecule has 0 bridgehead atoms. The number of fused-ring (bicyclic) bond motifs is 1. The summed E-state index contributed by atoms with van der Waals surface area (Å²) in [5.74, 6) is 0. The summed E-state index contributed by atoms with van der Waals surface area (Å²) < 4.78 is 4.80. The smallest absolute Gasteiger partial charge is 0.414 e. The van der Waals surface area contributed by atoms with Crippen LogP contribution in [0, 0.1) is 0 Å². The van der Waals surface area contributed by atoms with E-state index in [4.69, 9.17) is 4.74 Å². The van der Waals surface area contributed by atoms with Gasteiger partial charge >= 0.3 is 6.09 Å². The van der Waals surface area contributed by atoms with Crippen LogP contribution in [0.4, 0.5) is 4.79 Å². The lowest BCUT2D eigenvalue weighted by molar-refractivity contribution is 0.166. The Labute approximate surface area is 58.4 Å². The Bertz CT molecular complexity index is 188. The molecule has 10 heavy (non-hydrogen) atoms. The van der Waals surface area contributed by atoms with Crippen LogP contribution < -0.4 is 5.32 Å². The summed E-state index contributed by atoms with van der Waals surface area (Å²) in [7, 11) is 0. The molecule has 2 aliphatic rings. The molecule has 2 heterocycles. The largest absolute Gasteiger partial charge is 0.447 e. The van der Waals surface area contributed by atoms with Crippen molar-refractivity contribution in [2.75, 3.05) is 13.2 Å². The van der Waals surface area contributed by atoms with Crippen molar-refractivity contribution in [3.63, 3.8) is 0 Å². The van der Waals surface area contributed by atoms with E-state index in [0.29, 0.717) is 6.61 Å². The predicted octanol–water partition coefficient (Wildman–Crippen LogP) is -0.118. The first-order valence-corrected chi connectivity index (χ1v) is 3.23. The average molecular weight is 140 g/mol. The minimum Gasteiger partial charge on any atom is -0.447 e. The fourth-order valence-corrected chi connectivity index (χ4v) is 1.15.